The minimum Gasteiger partial charge on any atom is -0.598 e. The molecule has 80 valence electrons. The maximum atomic E-state index is 11.6. The fraction of sp³-hybridized carbons (Fsp3) is 0.600. The molecule has 0 aliphatic carbocycles. The van der Waals surface area contributed by atoms with Crippen molar-refractivity contribution < 1.29 is 4.55 Å². The molecule has 0 saturated carbocycles. The molecule has 1 aromatic heterocycles. The van der Waals surface area contributed by atoms with Crippen molar-refractivity contribution in [2.24, 2.45) is 0 Å². The Labute approximate surface area is 93.0 Å². The Morgan fingerprint density at radius 3 is 2.71 bits per heavy atom. The minimum atomic E-state index is -0.945. The van der Waals surface area contributed by atoms with E-state index < -0.39 is 11.4 Å². The standard InChI is InChI=1S/C10H17NOS2/c1-10(2,3)14(12)11-6-4-9-5-7-13-8-9/h5,7-8,11H,4,6H2,1-3H3. The van der Waals surface area contributed by atoms with Crippen LogP contribution < -0.4 is 4.72 Å². The Morgan fingerprint density at radius 2 is 2.21 bits per heavy atom. The summed E-state index contributed by atoms with van der Waals surface area (Å²) in [6, 6.07) is 2.10. The fourth-order valence-corrected chi connectivity index (χ4v) is 2.36. The summed E-state index contributed by atoms with van der Waals surface area (Å²) in [4.78, 5) is 0. The molecular formula is C10H17NOS2. The molecule has 1 atom stereocenters. The highest BCUT2D eigenvalue weighted by molar-refractivity contribution is 7.90. The predicted octanol–water partition coefficient (Wildman–Crippen LogP) is 2.34. The van der Waals surface area contributed by atoms with Gasteiger partial charge >= 0.3 is 0 Å². The number of hydrogen-bond acceptors (Lipinski definition) is 3. The van der Waals surface area contributed by atoms with Gasteiger partial charge < -0.3 is 4.55 Å². The van der Waals surface area contributed by atoms with E-state index in [1.165, 1.54) is 5.56 Å². The average Bonchev–Trinajstić information content (AvgIpc) is 2.55. The molecule has 14 heavy (non-hydrogen) atoms. The van der Waals surface area contributed by atoms with Gasteiger partial charge in [-0.05, 0) is 49.6 Å². The lowest BCUT2D eigenvalue weighted by atomic mass is 10.2. The summed E-state index contributed by atoms with van der Waals surface area (Å²) in [5, 5.41) is 4.19. The number of thiophene rings is 1. The SMILES string of the molecule is CC(C)(C)[S+]([O-])NCCc1ccsc1. The van der Waals surface area contributed by atoms with E-state index in [1.807, 2.05) is 20.8 Å². The molecule has 1 N–H and O–H groups in total. The van der Waals surface area contributed by atoms with Crippen molar-refractivity contribution >= 4 is 22.7 Å². The molecule has 2 nitrogen and oxygen atoms in total. The molecule has 0 spiro atoms. The molecule has 1 heterocycles. The van der Waals surface area contributed by atoms with Crippen LogP contribution in [0.4, 0.5) is 0 Å². The Hall–Kier alpha value is -0.0300. The molecule has 1 rings (SSSR count). The van der Waals surface area contributed by atoms with Crippen LogP contribution in [-0.2, 0) is 17.8 Å². The summed E-state index contributed by atoms with van der Waals surface area (Å²) in [6.07, 6.45) is 0.950. The number of hydrogen-bond donors (Lipinski definition) is 1. The van der Waals surface area contributed by atoms with E-state index in [0.29, 0.717) is 0 Å². The minimum absolute atomic E-state index is 0.172. The summed E-state index contributed by atoms with van der Waals surface area (Å²) in [5.41, 5.74) is 1.31. The zero-order chi connectivity index (χ0) is 10.6. The summed E-state index contributed by atoms with van der Waals surface area (Å²) >= 11 is 0.755. The first-order valence-corrected chi connectivity index (χ1v) is 6.76. The maximum Gasteiger partial charge on any atom is 0.136 e. The van der Waals surface area contributed by atoms with Gasteiger partial charge in [0.1, 0.15) is 4.75 Å². The molecule has 0 saturated heterocycles. The first-order chi connectivity index (χ1) is 6.50. The van der Waals surface area contributed by atoms with Gasteiger partial charge in [0, 0.05) is 17.9 Å². The van der Waals surface area contributed by atoms with E-state index in [2.05, 4.69) is 21.5 Å². The van der Waals surface area contributed by atoms with E-state index in [1.54, 1.807) is 11.3 Å². The highest BCUT2D eigenvalue weighted by Crippen LogP contribution is 2.13. The molecule has 0 aliphatic heterocycles. The molecule has 1 unspecified atom stereocenters. The second kappa shape index (κ2) is 5.16. The van der Waals surface area contributed by atoms with Gasteiger partial charge in [0.15, 0.2) is 0 Å². The van der Waals surface area contributed by atoms with Crippen LogP contribution in [0, 0.1) is 0 Å². The summed E-state index contributed by atoms with van der Waals surface area (Å²) in [5.74, 6) is 0. The van der Waals surface area contributed by atoms with Gasteiger partial charge in [-0.25, -0.2) is 0 Å². The number of nitrogens with one attached hydrogen (secondary N) is 1. The first kappa shape index (κ1) is 12.0. The summed E-state index contributed by atoms with van der Waals surface area (Å²) in [6.45, 7) is 6.70. The van der Waals surface area contributed by atoms with Crippen LogP contribution >= 0.6 is 11.3 Å². The van der Waals surface area contributed by atoms with Gasteiger partial charge in [-0.2, -0.15) is 11.3 Å². The molecule has 0 aromatic carbocycles. The van der Waals surface area contributed by atoms with Crippen LogP contribution in [0.2, 0.25) is 0 Å². The van der Waals surface area contributed by atoms with Crippen LogP contribution in [0.15, 0.2) is 16.8 Å². The second-order valence-corrected chi connectivity index (χ2v) is 6.99. The normalized spacial score (nSPS) is 14.3. The average molecular weight is 231 g/mol. The Kier molecular flexibility index (Phi) is 4.44. The third kappa shape index (κ3) is 4.00. The quantitative estimate of drug-likeness (QED) is 0.807. The fourth-order valence-electron chi connectivity index (χ4n) is 0.939. The van der Waals surface area contributed by atoms with E-state index in [-0.39, 0.29) is 4.75 Å². The van der Waals surface area contributed by atoms with Gasteiger partial charge in [0.25, 0.3) is 0 Å². The molecule has 0 aliphatic rings. The predicted molar refractivity (Wildman–Crippen MR) is 63.9 cm³/mol. The Morgan fingerprint density at radius 1 is 1.50 bits per heavy atom. The monoisotopic (exact) mass is 231 g/mol. The molecule has 0 bridgehead atoms. The largest absolute Gasteiger partial charge is 0.598 e. The van der Waals surface area contributed by atoms with E-state index >= 15 is 0 Å². The lowest BCUT2D eigenvalue weighted by Crippen LogP contribution is -2.40. The highest BCUT2D eigenvalue weighted by Gasteiger charge is 2.25. The molecule has 0 radical (unpaired) electrons. The van der Waals surface area contributed by atoms with Crippen molar-refractivity contribution in [3.05, 3.63) is 22.4 Å². The van der Waals surface area contributed by atoms with Crippen LogP contribution in [-0.4, -0.2) is 15.8 Å². The lowest BCUT2D eigenvalue weighted by Gasteiger charge is -2.23. The van der Waals surface area contributed by atoms with Crippen molar-refractivity contribution in [2.45, 2.75) is 31.9 Å². The Bertz CT molecular complexity index is 254. The molecule has 4 heteroatoms. The van der Waals surface area contributed by atoms with Crippen molar-refractivity contribution in [3.8, 4) is 0 Å². The van der Waals surface area contributed by atoms with Crippen molar-refractivity contribution in [2.75, 3.05) is 6.54 Å². The topological polar surface area (TPSA) is 35.1 Å². The number of rotatable bonds is 4. The van der Waals surface area contributed by atoms with Crippen LogP contribution in [0.3, 0.4) is 0 Å². The Balaban J connectivity index is 2.22. The molecule has 0 fully saturated rings. The molecular weight excluding hydrogens is 214 g/mol. The smallest absolute Gasteiger partial charge is 0.136 e. The second-order valence-electron chi connectivity index (χ2n) is 4.16. The zero-order valence-corrected chi connectivity index (χ0v) is 10.5. The third-order valence-corrected chi connectivity index (χ3v) is 4.09. The van der Waals surface area contributed by atoms with Gasteiger partial charge in [0.2, 0.25) is 0 Å². The van der Waals surface area contributed by atoms with Gasteiger partial charge in [-0.1, -0.05) is 0 Å². The van der Waals surface area contributed by atoms with Crippen LogP contribution in [0.25, 0.3) is 0 Å². The van der Waals surface area contributed by atoms with E-state index in [4.69, 9.17) is 0 Å². The van der Waals surface area contributed by atoms with Gasteiger partial charge in [-0.3, -0.25) is 0 Å². The third-order valence-electron chi connectivity index (χ3n) is 1.78. The molecule has 0 amide bonds. The van der Waals surface area contributed by atoms with E-state index in [9.17, 15) is 4.55 Å². The summed E-state index contributed by atoms with van der Waals surface area (Å²) < 4.78 is 14.5. The van der Waals surface area contributed by atoms with Crippen LogP contribution in [0.5, 0.6) is 0 Å². The van der Waals surface area contributed by atoms with Crippen molar-refractivity contribution in [3.63, 3.8) is 0 Å². The lowest BCUT2D eigenvalue weighted by molar-refractivity contribution is 0.544. The van der Waals surface area contributed by atoms with E-state index in [0.717, 1.165) is 13.0 Å². The van der Waals surface area contributed by atoms with Gasteiger partial charge in [0.05, 0.1) is 0 Å². The summed E-state index contributed by atoms with van der Waals surface area (Å²) in [7, 11) is 0. The van der Waals surface area contributed by atoms with Crippen LogP contribution in [0.1, 0.15) is 26.3 Å². The van der Waals surface area contributed by atoms with Crippen molar-refractivity contribution in [1.82, 2.24) is 4.72 Å². The first-order valence-electron chi connectivity index (χ1n) is 4.66. The van der Waals surface area contributed by atoms with Gasteiger partial charge in [-0.15, -0.1) is 4.72 Å². The van der Waals surface area contributed by atoms with Crippen molar-refractivity contribution in [1.29, 1.82) is 0 Å². The maximum absolute atomic E-state index is 11.6. The molecule has 1 aromatic rings. The highest BCUT2D eigenvalue weighted by atomic mass is 32.2. The zero-order valence-electron chi connectivity index (χ0n) is 8.87.